The summed E-state index contributed by atoms with van der Waals surface area (Å²) in [5.41, 5.74) is 3.55. The zero-order chi connectivity index (χ0) is 24.0. The van der Waals surface area contributed by atoms with Crippen LogP contribution in [0.2, 0.25) is 0 Å². The largest absolute Gasteiger partial charge is 0.456 e. The van der Waals surface area contributed by atoms with E-state index in [1.165, 1.54) is 23.9 Å². The van der Waals surface area contributed by atoms with Crippen LogP contribution in [0.1, 0.15) is 23.4 Å². The van der Waals surface area contributed by atoms with Crippen molar-refractivity contribution in [3.05, 3.63) is 51.3 Å². The Hall–Kier alpha value is -3.21. The highest BCUT2D eigenvalue weighted by Gasteiger charge is 2.23. The first-order valence-electron chi connectivity index (χ1n) is 10.6. The molecular formula is C22H27N5O5S. The van der Waals surface area contributed by atoms with Crippen molar-refractivity contribution >= 4 is 35.0 Å². The minimum atomic E-state index is -0.432. The maximum Gasteiger partial charge on any atom is 0.306 e. The van der Waals surface area contributed by atoms with Crippen LogP contribution in [0, 0.1) is 24.0 Å². The fourth-order valence-corrected chi connectivity index (χ4v) is 4.15. The number of amides is 1. The standard InChI is InChI=1S/C22H27N5O5S/c1-15-19(16(2)24-22(23-15)33-3)8-9-21(29)32-14-20(28)26-12-10-25(11-13-26)17-4-6-18(7-5-17)27(30)31/h4-7H,8-14H2,1-3H3. The molecule has 1 aliphatic rings. The Kier molecular flexibility index (Phi) is 8.21. The molecule has 0 bridgehead atoms. The normalized spacial score (nSPS) is 13.7. The van der Waals surface area contributed by atoms with Crippen molar-refractivity contribution in [2.24, 2.45) is 0 Å². The van der Waals surface area contributed by atoms with Gasteiger partial charge < -0.3 is 14.5 Å². The molecule has 1 aliphatic heterocycles. The number of hydrogen-bond acceptors (Lipinski definition) is 9. The van der Waals surface area contributed by atoms with Gasteiger partial charge in [0.2, 0.25) is 0 Å². The molecule has 2 heterocycles. The number of aryl methyl sites for hydroxylation is 2. The summed E-state index contributed by atoms with van der Waals surface area (Å²) in [5, 5.41) is 11.5. The highest BCUT2D eigenvalue weighted by Crippen LogP contribution is 2.21. The molecule has 1 aromatic carbocycles. The number of piperazine rings is 1. The summed E-state index contributed by atoms with van der Waals surface area (Å²) < 4.78 is 5.20. The molecule has 3 rings (SSSR count). The number of nitro groups is 1. The SMILES string of the molecule is CSc1nc(C)c(CCC(=O)OCC(=O)N2CCN(c3ccc([N+](=O)[O-])cc3)CC2)c(C)n1. The first kappa shape index (κ1) is 24.4. The molecule has 2 aromatic rings. The molecule has 10 nitrogen and oxygen atoms in total. The lowest BCUT2D eigenvalue weighted by Crippen LogP contribution is -2.49. The van der Waals surface area contributed by atoms with Crippen molar-refractivity contribution in [3.8, 4) is 0 Å². The zero-order valence-electron chi connectivity index (χ0n) is 18.9. The number of esters is 1. The van der Waals surface area contributed by atoms with Gasteiger partial charge in [-0.3, -0.25) is 19.7 Å². The second kappa shape index (κ2) is 11.1. The number of hydrogen-bond donors (Lipinski definition) is 0. The first-order valence-corrected chi connectivity index (χ1v) is 11.8. The maximum absolute atomic E-state index is 12.5. The number of benzene rings is 1. The van der Waals surface area contributed by atoms with Gasteiger partial charge in [0, 0.05) is 61.8 Å². The third kappa shape index (κ3) is 6.41. The molecular weight excluding hydrogens is 446 g/mol. The summed E-state index contributed by atoms with van der Waals surface area (Å²) in [5.74, 6) is -0.660. The van der Waals surface area contributed by atoms with Crippen molar-refractivity contribution < 1.29 is 19.2 Å². The molecule has 0 unspecified atom stereocenters. The van der Waals surface area contributed by atoms with Crippen molar-refractivity contribution in [1.29, 1.82) is 0 Å². The van der Waals surface area contributed by atoms with E-state index in [0.717, 1.165) is 22.6 Å². The van der Waals surface area contributed by atoms with E-state index in [1.807, 2.05) is 20.1 Å². The van der Waals surface area contributed by atoms with Crippen LogP contribution in [0.25, 0.3) is 0 Å². The molecule has 1 saturated heterocycles. The lowest BCUT2D eigenvalue weighted by Gasteiger charge is -2.36. The van der Waals surface area contributed by atoms with Crippen LogP contribution in [-0.4, -0.2) is 70.7 Å². The van der Waals surface area contributed by atoms with Gasteiger partial charge in [-0.2, -0.15) is 0 Å². The quantitative estimate of drug-likeness (QED) is 0.187. The first-order chi connectivity index (χ1) is 15.8. The fraction of sp³-hybridized carbons (Fsp3) is 0.455. The number of non-ortho nitro benzene ring substituents is 1. The number of aromatic nitrogens is 2. The number of carbonyl (C=O) groups is 2. The molecule has 0 spiro atoms. The lowest BCUT2D eigenvalue weighted by molar-refractivity contribution is -0.384. The van der Waals surface area contributed by atoms with Gasteiger partial charge in [-0.15, -0.1) is 0 Å². The van der Waals surface area contributed by atoms with Gasteiger partial charge in [-0.1, -0.05) is 11.8 Å². The Labute approximate surface area is 196 Å². The monoisotopic (exact) mass is 473 g/mol. The van der Waals surface area contributed by atoms with Gasteiger partial charge >= 0.3 is 5.97 Å². The average Bonchev–Trinajstić information content (AvgIpc) is 2.82. The van der Waals surface area contributed by atoms with Gasteiger partial charge in [0.1, 0.15) is 0 Å². The van der Waals surface area contributed by atoms with E-state index in [2.05, 4.69) is 14.9 Å². The smallest absolute Gasteiger partial charge is 0.306 e. The molecule has 33 heavy (non-hydrogen) atoms. The van der Waals surface area contributed by atoms with Crippen LogP contribution < -0.4 is 4.90 Å². The maximum atomic E-state index is 12.5. The highest BCUT2D eigenvalue weighted by atomic mass is 32.2. The van der Waals surface area contributed by atoms with Crippen molar-refractivity contribution in [2.75, 3.05) is 43.9 Å². The van der Waals surface area contributed by atoms with Crippen LogP contribution in [0.5, 0.6) is 0 Å². The zero-order valence-corrected chi connectivity index (χ0v) is 19.8. The Morgan fingerprint density at radius 3 is 2.24 bits per heavy atom. The van der Waals surface area contributed by atoms with Crippen molar-refractivity contribution in [1.82, 2.24) is 14.9 Å². The van der Waals surface area contributed by atoms with E-state index < -0.39 is 10.9 Å². The van der Waals surface area contributed by atoms with E-state index in [-0.39, 0.29) is 24.6 Å². The highest BCUT2D eigenvalue weighted by molar-refractivity contribution is 7.98. The summed E-state index contributed by atoms with van der Waals surface area (Å²) in [6.45, 7) is 5.69. The Balaban J connectivity index is 1.42. The summed E-state index contributed by atoms with van der Waals surface area (Å²) in [6, 6.07) is 6.36. The molecule has 0 saturated carbocycles. The molecule has 0 N–H and O–H groups in total. The molecule has 176 valence electrons. The van der Waals surface area contributed by atoms with E-state index in [9.17, 15) is 19.7 Å². The van der Waals surface area contributed by atoms with Gasteiger partial charge in [0.25, 0.3) is 11.6 Å². The molecule has 1 fully saturated rings. The van der Waals surface area contributed by atoms with Crippen LogP contribution in [0.15, 0.2) is 29.4 Å². The van der Waals surface area contributed by atoms with Gasteiger partial charge in [0.15, 0.2) is 11.8 Å². The van der Waals surface area contributed by atoms with E-state index in [4.69, 9.17) is 4.74 Å². The lowest BCUT2D eigenvalue weighted by atomic mass is 10.1. The third-order valence-electron chi connectivity index (χ3n) is 5.58. The average molecular weight is 474 g/mol. The minimum absolute atomic E-state index is 0.0456. The van der Waals surface area contributed by atoms with Crippen LogP contribution in [-0.2, 0) is 20.7 Å². The third-order valence-corrected chi connectivity index (χ3v) is 6.12. The van der Waals surface area contributed by atoms with E-state index in [0.29, 0.717) is 37.8 Å². The number of ether oxygens (including phenoxy) is 1. The Bertz CT molecular complexity index is 999. The van der Waals surface area contributed by atoms with Crippen molar-refractivity contribution in [3.63, 3.8) is 0 Å². The second-order valence-electron chi connectivity index (χ2n) is 7.66. The van der Waals surface area contributed by atoms with Crippen LogP contribution in [0.4, 0.5) is 11.4 Å². The predicted octanol–water partition coefficient (Wildman–Crippen LogP) is 2.55. The summed E-state index contributed by atoms with van der Waals surface area (Å²) in [4.78, 5) is 47.5. The second-order valence-corrected chi connectivity index (χ2v) is 8.44. The number of nitrogens with zero attached hydrogens (tertiary/aromatic N) is 5. The van der Waals surface area contributed by atoms with Gasteiger partial charge in [-0.25, -0.2) is 9.97 Å². The number of nitro benzene ring substituents is 1. The van der Waals surface area contributed by atoms with E-state index in [1.54, 1.807) is 17.0 Å². The fourth-order valence-electron chi connectivity index (χ4n) is 3.69. The number of carbonyl (C=O) groups excluding carboxylic acids is 2. The number of rotatable bonds is 8. The number of anilines is 1. The van der Waals surface area contributed by atoms with Gasteiger partial charge in [0.05, 0.1) is 4.92 Å². The van der Waals surface area contributed by atoms with Gasteiger partial charge in [-0.05, 0) is 44.2 Å². The number of thioether (sulfide) groups is 1. The molecule has 1 aromatic heterocycles. The molecule has 0 radical (unpaired) electrons. The predicted molar refractivity (Wildman–Crippen MR) is 124 cm³/mol. The molecule has 0 aliphatic carbocycles. The summed E-state index contributed by atoms with van der Waals surface area (Å²) in [7, 11) is 0. The Morgan fingerprint density at radius 1 is 1.09 bits per heavy atom. The molecule has 11 heteroatoms. The van der Waals surface area contributed by atoms with Crippen LogP contribution >= 0.6 is 11.8 Å². The summed E-state index contributed by atoms with van der Waals surface area (Å²) >= 11 is 1.47. The molecule has 1 amide bonds. The van der Waals surface area contributed by atoms with Crippen molar-refractivity contribution in [2.45, 2.75) is 31.8 Å². The Morgan fingerprint density at radius 2 is 1.70 bits per heavy atom. The minimum Gasteiger partial charge on any atom is -0.456 e. The van der Waals surface area contributed by atoms with Crippen LogP contribution in [0.3, 0.4) is 0 Å². The topological polar surface area (TPSA) is 119 Å². The van der Waals surface area contributed by atoms with E-state index >= 15 is 0 Å². The molecule has 0 atom stereocenters. The summed E-state index contributed by atoms with van der Waals surface area (Å²) in [6.07, 6.45) is 2.54.